The highest BCUT2D eigenvalue weighted by Gasteiger charge is 2.20. The van der Waals surface area contributed by atoms with Crippen LogP contribution in [0.3, 0.4) is 0 Å². The molecule has 2 heterocycles. The zero-order valence-corrected chi connectivity index (χ0v) is 15.5. The van der Waals surface area contributed by atoms with E-state index in [1.165, 1.54) is 0 Å². The summed E-state index contributed by atoms with van der Waals surface area (Å²) in [4.78, 5) is 15.7. The summed E-state index contributed by atoms with van der Waals surface area (Å²) in [6.07, 6.45) is 2.03. The molecule has 0 radical (unpaired) electrons. The number of benzene rings is 2. The van der Waals surface area contributed by atoms with Gasteiger partial charge in [0.2, 0.25) is 0 Å². The predicted molar refractivity (Wildman–Crippen MR) is 105 cm³/mol. The molecule has 1 unspecified atom stereocenters. The molecule has 0 fully saturated rings. The highest BCUT2D eigenvalue weighted by molar-refractivity contribution is 9.10. The Kier molecular flexibility index (Phi) is 4.63. The van der Waals surface area contributed by atoms with Crippen LogP contribution in [-0.4, -0.2) is 17.4 Å². The number of hydrogen-bond donors (Lipinski definition) is 2. The Morgan fingerprint density at radius 2 is 1.81 bits per heavy atom. The fourth-order valence-corrected chi connectivity index (χ4v) is 3.50. The number of aromatic amines is 1. The summed E-state index contributed by atoms with van der Waals surface area (Å²) in [5.74, 6) is 0.105. The lowest BCUT2D eigenvalue weighted by Crippen LogP contribution is -2.28. The summed E-state index contributed by atoms with van der Waals surface area (Å²) in [5.41, 5.74) is 3.40. The van der Waals surface area contributed by atoms with Crippen LogP contribution in [-0.2, 0) is 0 Å². The van der Waals surface area contributed by atoms with Gasteiger partial charge in [0.15, 0.2) is 10.4 Å². The van der Waals surface area contributed by atoms with Crippen molar-refractivity contribution in [2.24, 2.45) is 0 Å². The third-order valence-electron chi connectivity index (χ3n) is 4.46. The fourth-order valence-electron chi connectivity index (χ4n) is 3.19. The Morgan fingerprint density at radius 1 is 1.04 bits per heavy atom. The number of hydrogen-bond acceptors (Lipinski definition) is 2. The van der Waals surface area contributed by atoms with Crippen LogP contribution in [0.4, 0.5) is 0 Å². The summed E-state index contributed by atoms with van der Waals surface area (Å²) >= 11 is 3.23. The van der Waals surface area contributed by atoms with Gasteiger partial charge < -0.3 is 14.7 Å². The van der Waals surface area contributed by atoms with E-state index in [1.54, 1.807) is 12.1 Å². The van der Waals surface area contributed by atoms with Gasteiger partial charge >= 0.3 is 0 Å². The van der Waals surface area contributed by atoms with Crippen LogP contribution in [0.15, 0.2) is 82.0 Å². The molecule has 130 valence electrons. The lowest BCUT2D eigenvalue weighted by Gasteiger charge is -2.18. The van der Waals surface area contributed by atoms with E-state index >= 15 is 0 Å². The summed E-state index contributed by atoms with van der Waals surface area (Å²) in [6, 6.07) is 21.8. The molecule has 26 heavy (non-hydrogen) atoms. The molecular weight excluding hydrogens is 392 g/mol. The van der Waals surface area contributed by atoms with Crippen LogP contribution in [0.25, 0.3) is 10.9 Å². The highest BCUT2D eigenvalue weighted by atomic mass is 79.9. The zero-order valence-electron chi connectivity index (χ0n) is 13.9. The standard InChI is InChI=1S/C21H17BrN2O2/c22-20-11-10-19(26-20)21(25)24-12-16(14-6-2-1-3-7-14)17-13-23-18-9-5-4-8-15(17)18/h1-11,13,16,23H,12H2,(H,24,25). The minimum atomic E-state index is -0.225. The van der Waals surface area contributed by atoms with E-state index in [0.29, 0.717) is 17.0 Å². The Balaban J connectivity index is 1.65. The Morgan fingerprint density at radius 3 is 2.58 bits per heavy atom. The van der Waals surface area contributed by atoms with Gasteiger partial charge in [0, 0.05) is 29.6 Å². The van der Waals surface area contributed by atoms with Crippen LogP contribution in [0.5, 0.6) is 0 Å². The molecule has 0 saturated carbocycles. The van der Waals surface area contributed by atoms with Crippen LogP contribution in [0, 0.1) is 0 Å². The van der Waals surface area contributed by atoms with Crippen molar-refractivity contribution in [3.8, 4) is 0 Å². The van der Waals surface area contributed by atoms with E-state index in [-0.39, 0.29) is 11.8 Å². The maximum Gasteiger partial charge on any atom is 0.287 e. The molecule has 5 heteroatoms. The maximum absolute atomic E-state index is 12.4. The van der Waals surface area contributed by atoms with Gasteiger partial charge in [-0.05, 0) is 45.3 Å². The number of fused-ring (bicyclic) bond motifs is 1. The van der Waals surface area contributed by atoms with Gasteiger partial charge in [0.05, 0.1) is 0 Å². The van der Waals surface area contributed by atoms with Gasteiger partial charge in [-0.3, -0.25) is 4.79 Å². The lowest BCUT2D eigenvalue weighted by molar-refractivity contribution is 0.0923. The predicted octanol–water partition coefficient (Wildman–Crippen LogP) is 5.09. The minimum Gasteiger partial charge on any atom is -0.444 e. The third-order valence-corrected chi connectivity index (χ3v) is 4.89. The summed E-state index contributed by atoms with van der Waals surface area (Å²) in [6.45, 7) is 0.475. The number of carbonyl (C=O) groups excluding carboxylic acids is 1. The third kappa shape index (κ3) is 3.30. The zero-order chi connectivity index (χ0) is 17.9. The molecule has 0 spiro atoms. The molecule has 2 aromatic carbocycles. The van der Waals surface area contributed by atoms with E-state index in [1.807, 2.05) is 36.5 Å². The summed E-state index contributed by atoms with van der Waals surface area (Å²) in [5, 5.41) is 4.16. The number of H-pyrrole nitrogens is 1. The first-order valence-corrected chi connectivity index (χ1v) is 9.16. The molecule has 0 aliphatic carbocycles. The van der Waals surface area contributed by atoms with Gasteiger partial charge in [-0.2, -0.15) is 0 Å². The Labute approximate surface area is 159 Å². The number of carbonyl (C=O) groups is 1. The molecule has 1 atom stereocenters. The number of para-hydroxylation sites is 1. The molecule has 2 aromatic heterocycles. The largest absolute Gasteiger partial charge is 0.444 e. The molecule has 4 rings (SSSR count). The lowest BCUT2D eigenvalue weighted by atomic mass is 9.91. The Bertz CT molecular complexity index is 1040. The van der Waals surface area contributed by atoms with Gasteiger partial charge in [0.1, 0.15) is 0 Å². The first-order valence-electron chi connectivity index (χ1n) is 8.37. The van der Waals surface area contributed by atoms with Crippen molar-refractivity contribution >= 4 is 32.7 Å². The number of aromatic nitrogens is 1. The van der Waals surface area contributed by atoms with E-state index in [9.17, 15) is 4.79 Å². The molecule has 1 amide bonds. The van der Waals surface area contributed by atoms with Crippen LogP contribution >= 0.6 is 15.9 Å². The van der Waals surface area contributed by atoms with Gasteiger partial charge in [-0.25, -0.2) is 0 Å². The van der Waals surface area contributed by atoms with E-state index in [2.05, 4.69) is 50.5 Å². The highest BCUT2D eigenvalue weighted by Crippen LogP contribution is 2.30. The average Bonchev–Trinajstić information content (AvgIpc) is 3.29. The van der Waals surface area contributed by atoms with E-state index < -0.39 is 0 Å². The number of halogens is 1. The number of rotatable bonds is 5. The van der Waals surface area contributed by atoms with Crippen molar-refractivity contribution in [1.82, 2.24) is 10.3 Å². The molecule has 0 aliphatic rings. The maximum atomic E-state index is 12.4. The van der Waals surface area contributed by atoms with Gasteiger partial charge in [-0.15, -0.1) is 0 Å². The molecule has 0 bridgehead atoms. The second-order valence-electron chi connectivity index (χ2n) is 6.07. The van der Waals surface area contributed by atoms with Crippen LogP contribution in [0.2, 0.25) is 0 Å². The van der Waals surface area contributed by atoms with Crippen molar-refractivity contribution < 1.29 is 9.21 Å². The molecule has 4 aromatic rings. The molecular formula is C21H17BrN2O2. The molecule has 2 N–H and O–H groups in total. The number of furan rings is 1. The SMILES string of the molecule is O=C(NCC(c1ccccc1)c1c[nH]c2ccccc12)c1ccc(Br)o1. The van der Waals surface area contributed by atoms with E-state index in [0.717, 1.165) is 22.0 Å². The smallest absolute Gasteiger partial charge is 0.287 e. The molecule has 4 nitrogen and oxygen atoms in total. The average molecular weight is 409 g/mol. The fraction of sp³-hybridized carbons (Fsp3) is 0.0952. The topological polar surface area (TPSA) is 58.0 Å². The Hall–Kier alpha value is -2.79. The van der Waals surface area contributed by atoms with Gasteiger partial charge in [0.25, 0.3) is 5.91 Å². The van der Waals surface area contributed by atoms with Crippen LogP contribution in [0.1, 0.15) is 27.6 Å². The number of amides is 1. The quantitative estimate of drug-likeness (QED) is 0.483. The summed E-state index contributed by atoms with van der Waals surface area (Å²) in [7, 11) is 0. The first kappa shape index (κ1) is 16.7. The van der Waals surface area contributed by atoms with Crippen LogP contribution < -0.4 is 5.32 Å². The van der Waals surface area contributed by atoms with Crippen molar-refractivity contribution in [1.29, 1.82) is 0 Å². The summed E-state index contributed by atoms with van der Waals surface area (Å²) < 4.78 is 5.88. The molecule has 0 aliphatic heterocycles. The van der Waals surface area contributed by atoms with Crippen molar-refractivity contribution in [3.05, 3.63) is 94.5 Å². The minimum absolute atomic E-state index is 0.0368. The van der Waals surface area contributed by atoms with Crippen molar-refractivity contribution in [2.75, 3.05) is 6.54 Å². The molecule has 0 saturated heterocycles. The van der Waals surface area contributed by atoms with Crippen molar-refractivity contribution in [3.63, 3.8) is 0 Å². The van der Waals surface area contributed by atoms with Gasteiger partial charge in [-0.1, -0.05) is 48.5 Å². The second-order valence-corrected chi connectivity index (χ2v) is 6.85. The monoisotopic (exact) mass is 408 g/mol. The normalized spacial score (nSPS) is 12.2. The number of nitrogens with one attached hydrogen (secondary N) is 2. The second kappa shape index (κ2) is 7.22. The first-order chi connectivity index (χ1) is 12.7. The van der Waals surface area contributed by atoms with Crippen molar-refractivity contribution in [2.45, 2.75) is 5.92 Å². The van der Waals surface area contributed by atoms with E-state index in [4.69, 9.17) is 4.42 Å².